The smallest absolute Gasteiger partial charge is 0.253 e. The zero-order chi connectivity index (χ0) is 15.4. The number of aromatic nitrogens is 2. The lowest BCUT2D eigenvalue weighted by molar-refractivity contribution is 0.0718. The number of hydrogen-bond donors (Lipinski definition) is 1. The summed E-state index contributed by atoms with van der Waals surface area (Å²) < 4.78 is 0. The maximum Gasteiger partial charge on any atom is 0.253 e. The number of anilines is 1. The van der Waals surface area contributed by atoms with Crippen LogP contribution in [-0.4, -0.2) is 39.9 Å². The Bertz CT molecular complexity index is 619. The number of benzene rings is 1. The summed E-state index contributed by atoms with van der Waals surface area (Å²) in [6, 6.07) is 10.0. The second-order valence-electron chi connectivity index (χ2n) is 5.67. The van der Waals surface area contributed by atoms with Gasteiger partial charge in [-0.1, -0.05) is 17.7 Å². The Balaban J connectivity index is 1.55. The monoisotopic (exact) mass is 296 g/mol. The zero-order valence-corrected chi connectivity index (χ0v) is 12.7. The summed E-state index contributed by atoms with van der Waals surface area (Å²) in [5.74, 6) is 0.971. The fourth-order valence-electron chi connectivity index (χ4n) is 2.69. The Labute approximate surface area is 130 Å². The van der Waals surface area contributed by atoms with Gasteiger partial charge in [0.05, 0.1) is 0 Å². The van der Waals surface area contributed by atoms with E-state index in [4.69, 9.17) is 0 Å². The molecular weight excluding hydrogens is 276 g/mol. The van der Waals surface area contributed by atoms with Gasteiger partial charge in [0.2, 0.25) is 0 Å². The second-order valence-corrected chi connectivity index (χ2v) is 5.67. The Kier molecular flexibility index (Phi) is 4.32. The average Bonchev–Trinajstić information content (AvgIpc) is 2.57. The van der Waals surface area contributed by atoms with Gasteiger partial charge >= 0.3 is 0 Å². The third-order valence-corrected chi connectivity index (χ3v) is 4.01. The van der Waals surface area contributed by atoms with E-state index < -0.39 is 0 Å². The maximum atomic E-state index is 12.5. The molecule has 1 fully saturated rings. The maximum absolute atomic E-state index is 12.5. The summed E-state index contributed by atoms with van der Waals surface area (Å²) in [6.07, 6.45) is 5.13. The molecule has 0 atom stereocenters. The van der Waals surface area contributed by atoms with Crippen molar-refractivity contribution in [2.75, 3.05) is 18.4 Å². The second kappa shape index (κ2) is 6.56. The van der Waals surface area contributed by atoms with Crippen LogP contribution in [-0.2, 0) is 0 Å². The molecule has 5 heteroatoms. The van der Waals surface area contributed by atoms with Crippen molar-refractivity contribution in [1.82, 2.24) is 14.9 Å². The van der Waals surface area contributed by atoms with Crippen molar-refractivity contribution in [3.05, 3.63) is 54.0 Å². The van der Waals surface area contributed by atoms with Crippen LogP contribution in [0.2, 0.25) is 0 Å². The highest BCUT2D eigenvalue weighted by Crippen LogP contribution is 2.17. The number of rotatable bonds is 3. The fourth-order valence-corrected chi connectivity index (χ4v) is 2.69. The molecule has 0 saturated carbocycles. The summed E-state index contributed by atoms with van der Waals surface area (Å²) in [7, 11) is 0. The third kappa shape index (κ3) is 3.42. The first kappa shape index (κ1) is 14.5. The van der Waals surface area contributed by atoms with E-state index in [-0.39, 0.29) is 5.91 Å². The van der Waals surface area contributed by atoms with Gasteiger partial charge in [-0.2, -0.15) is 0 Å². The van der Waals surface area contributed by atoms with Gasteiger partial charge in [-0.05, 0) is 38.0 Å². The molecule has 5 nitrogen and oxygen atoms in total. The number of likely N-dealkylation sites (tertiary alicyclic amines) is 1. The van der Waals surface area contributed by atoms with Gasteiger partial charge < -0.3 is 10.2 Å². The molecule has 1 N–H and O–H groups in total. The molecule has 1 aliphatic heterocycles. The van der Waals surface area contributed by atoms with E-state index in [0.717, 1.165) is 37.3 Å². The van der Waals surface area contributed by atoms with Crippen LogP contribution in [0.1, 0.15) is 28.8 Å². The predicted octanol–water partition coefficient (Wildman–Crippen LogP) is 2.50. The number of aryl methyl sites for hydroxylation is 1. The minimum atomic E-state index is 0.125. The summed E-state index contributed by atoms with van der Waals surface area (Å²) in [6.45, 7) is 3.57. The summed E-state index contributed by atoms with van der Waals surface area (Å²) in [5, 5.41) is 3.40. The lowest BCUT2D eigenvalue weighted by Crippen LogP contribution is -2.42. The molecule has 0 radical (unpaired) electrons. The SMILES string of the molecule is Cc1ccc(C(=O)N2CCC(Nc3ccncn3)CC2)cc1. The average molecular weight is 296 g/mol. The van der Waals surface area contributed by atoms with E-state index in [1.807, 2.05) is 42.2 Å². The molecule has 1 aromatic carbocycles. The minimum absolute atomic E-state index is 0.125. The molecule has 1 amide bonds. The van der Waals surface area contributed by atoms with E-state index >= 15 is 0 Å². The topological polar surface area (TPSA) is 58.1 Å². The van der Waals surface area contributed by atoms with Crippen LogP contribution in [0.15, 0.2) is 42.9 Å². The number of nitrogens with one attached hydrogen (secondary N) is 1. The van der Waals surface area contributed by atoms with Crippen molar-refractivity contribution >= 4 is 11.7 Å². The Morgan fingerprint density at radius 3 is 2.55 bits per heavy atom. The molecule has 3 rings (SSSR count). The molecule has 1 saturated heterocycles. The molecular formula is C17H20N4O. The Morgan fingerprint density at radius 1 is 1.18 bits per heavy atom. The molecule has 2 aromatic rings. The number of hydrogen-bond acceptors (Lipinski definition) is 4. The quantitative estimate of drug-likeness (QED) is 0.945. The molecule has 1 aromatic heterocycles. The summed E-state index contributed by atoms with van der Waals surface area (Å²) in [5.41, 5.74) is 1.94. The summed E-state index contributed by atoms with van der Waals surface area (Å²) in [4.78, 5) is 22.5. The fraction of sp³-hybridized carbons (Fsp3) is 0.353. The molecule has 114 valence electrons. The van der Waals surface area contributed by atoms with Gasteiger partial charge in [0.15, 0.2) is 0 Å². The first-order valence-corrected chi connectivity index (χ1v) is 7.61. The van der Waals surface area contributed by atoms with Crippen molar-refractivity contribution in [2.24, 2.45) is 0 Å². The number of piperidine rings is 1. The van der Waals surface area contributed by atoms with Crippen molar-refractivity contribution in [3.8, 4) is 0 Å². The van der Waals surface area contributed by atoms with Crippen LogP contribution in [0.25, 0.3) is 0 Å². The highest BCUT2D eigenvalue weighted by molar-refractivity contribution is 5.94. The Hall–Kier alpha value is -2.43. The van der Waals surface area contributed by atoms with Crippen LogP contribution in [0, 0.1) is 6.92 Å². The molecule has 0 spiro atoms. The van der Waals surface area contributed by atoms with E-state index in [1.165, 1.54) is 5.56 Å². The largest absolute Gasteiger partial charge is 0.367 e. The molecule has 0 bridgehead atoms. The van der Waals surface area contributed by atoms with E-state index in [1.54, 1.807) is 12.5 Å². The van der Waals surface area contributed by atoms with Crippen molar-refractivity contribution in [1.29, 1.82) is 0 Å². The lowest BCUT2D eigenvalue weighted by Gasteiger charge is -2.32. The number of nitrogens with zero attached hydrogens (tertiary/aromatic N) is 3. The third-order valence-electron chi connectivity index (χ3n) is 4.01. The first-order valence-electron chi connectivity index (χ1n) is 7.61. The van der Waals surface area contributed by atoms with Gasteiger partial charge in [-0.3, -0.25) is 4.79 Å². The van der Waals surface area contributed by atoms with Gasteiger partial charge in [0.25, 0.3) is 5.91 Å². The van der Waals surface area contributed by atoms with Crippen LogP contribution >= 0.6 is 0 Å². The normalized spacial score (nSPS) is 15.6. The highest BCUT2D eigenvalue weighted by atomic mass is 16.2. The van der Waals surface area contributed by atoms with E-state index in [2.05, 4.69) is 15.3 Å². The molecule has 22 heavy (non-hydrogen) atoms. The van der Waals surface area contributed by atoms with Gasteiger partial charge in [0.1, 0.15) is 12.1 Å². The molecule has 1 aliphatic rings. The summed E-state index contributed by atoms with van der Waals surface area (Å²) >= 11 is 0. The van der Waals surface area contributed by atoms with E-state index in [9.17, 15) is 4.79 Å². The Morgan fingerprint density at radius 2 is 1.91 bits per heavy atom. The standard InChI is InChI=1S/C17H20N4O/c1-13-2-4-14(5-3-13)17(22)21-10-7-15(8-11-21)20-16-6-9-18-12-19-16/h2-6,9,12,15H,7-8,10-11H2,1H3,(H,18,19,20). The van der Waals surface area contributed by atoms with Crippen LogP contribution in [0.5, 0.6) is 0 Å². The lowest BCUT2D eigenvalue weighted by atomic mass is 10.0. The molecule has 0 unspecified atom stereocenters. The predicted molar refractivity (Wildman–Crippen MR) is 85.8 cm³/mol. The number of carbonyl (C=O) groups excluding carboxylic acids is 1. The van der Waals surface area contributed by atoms with Gasteiger partial charge in [-0.15, -0.1) is 0 Å². The van der Waals surface area contributed by atoms with Gasteiger partial charge in [0, 0.05) is 30.9 Å². The minimum Gasteiger partial charge on any atom is -0.367 e. The van der Waals surface area contributed by atoms with Crippen molar-refractivity contribution in [2.45, 2.75) is 25.8 Å². The van der Waals surface area contributed by atoms with Crippen LogP contribution < -0.4 is 5.32 Å². The van der Waals surface area contributed by atoms with Crippen molar-refractivity contribution < 1.29 is 4.79 Å². The highest BCUT2D eigenvalue weighted by Gasteiger charge is 2.23. The molecule has 0 aliphatic carbocycles. The van der Waals surface area contributed by atoms with Crippen LogP contribution in [0.4, 0.5) is 5.82 Å². The van der Waals surface area contributed by atoms with Crippen LogP contribution in [0.3, 0.4) is 0 Å². The number of amides is 1. The van der Waals surface area contributed by atoms with Crippen molar-refractivity contribution in [3.63, 3.8) is 0 Å². The van der Waals surface area contributed by atoms with E-state index in [0.29, 0.717) is 6.04 Å². The first-order chi connectivity index (χ1) is 10.7. The molecule has 2 heterocycles. The number of carbonyl (C=O) groups is 1. The van der Waals surface area contributed by atoms with Gasteiger partial charge in [-0.25, -0.2) is 9.97 Å². The zero-order valence-electron chi connectivity index (χ0n) is 12.7.